The van der Waals surface area contributed by atoms with Crippen LogP contribution in [0.4, 0.5) is 0 Å². The Labute approximate surface area is 243 Å². The summed E-state index contributed by atoms with van der Waals surface area (Å²) in [7, 11) is 1.29. The Morgan fingerprint density at radius 1 is 0.975 bits per heavy atom. The molecular weight excluding hydrogens is 554 g/mol. The number of hydrogen-bond acceptors (Lipinski definition) is 10. The lowest BCUT2D eigenvalue weighted by molar-refractivity contribution is -0.152. The number of Topliss-reactive ketones (excluding diaryl/α,β-unsaturated/α-hetero) is 1. The van der Waals surface area contributed by atoms with E-state index in [0.29, 0.717) is 36.5 Å². The van der Waals surface area contributed by atoms with E-state index in [2.05, 4.69) is 5.43 Å². The number of ketones is 1. The van der Waals surface area contributed by atoms with Crippen molar-refractivity contribution >= 4 is 57.3 Å². The molecule has 1 saturated heterocycles. The first-order valence-electron chi connectivity index (χ1n) is 13.3. The molecule has 1 aromatic rings. The summed E-state index contributed by atoms with van der Waals surface area (Å²) >= 11 is 2.20. The Morgan fingerprint density at radius 3 is 2.25 bits per heavy atom. The fraction of sp³-hybridized carbons (Fsp3) is 0.571. The van der Waals surface area contributed by atoms with Gasteiger partial charge in [0.15, 0.2) is 16.0 Å². The minimum absolute atomic E-state index is 0.0442. The molecule has 1 fully saturated rings. The first-order chi connectivity index (χ1) is 18.9. The molecular formula is C28H37N3O7S2. The molecule has 0 bridgehead atoms. The zero-order valence-corrected chi connectivity index (χ0v) is 25.2. The van der Waals surface area contributed by atoms with E-state index in [1.165, 1.54) is 26.0 Å². The average molecular weight is 592 g/mol. The number of carbonyl (C=O) groups excluding carboxylic acids is 6. The molecule has 1 N–H and O–H groups in total. The molecule has 1 aromatic carbocycles. The fourth-order valence-corrected chi connectivity index (χ4v) is 6.18. The van der Waals surface area contributed by atoms with Crippen molar-refractivity contribution in [3.8, 4) is 0 Å². The van der Waals surface area contributed by atoms with Crippen LogP contribution in [0.15, 0.2) is 18.2 Å². The van der Waals surface area contributed by atoms with E-state index in [1.54, 1.807) is 30.9 Å². The number of thioether (sulfide) groups is 2. The number of likely N-dealkylation sites (tertiary alicyclic amines) is 1. The number of carbonyl (C=O) groups is 6. The summed E-state index contributed by atoms with van der Waals surface area (Å²) in [5.41, 5.74) is 5.03. The van der Waals surface area contributed by atoms with Gasteiger partial charge in [0.2, 0.25) is 5.91 Å². The van der Waals surface area contributed by atoms with E-state index >= 15 is 0 Å². The van der Waals surface area contributed by atoms with Gasteiger partial charge in [0.25, 0.3) is 5.91 Å². The number of hydrogen-bond donors (Lipinski definition) is 1. The van der Waals surface area contributed by atoms with Crippen LogP contribution in [0.2, 0.25) is 0 Å². The predicted octanol–water partition coefficient (Wildman–Crippen LogP) is 2.62. The molecule has 0 radical (unpaired) electrons. The summed E-state index contributed by atoms with van der Waals surface area (Å²) in [5, 5.41) is 1.41. The van der Waals surface area contributed by atoms with E-state index in [4.69, 9.17) is 4.74 Å². The van der Waals surface area contributed by atoms with Crippen LogP contribution < -0.4 is 5.43 Å². The molecule has 218 valence electrons. The van der Waals surface area contributed by atoms with Crippen LogP contribution >= 0.6 is 23.5 Å². The lowest BCUT2D eigenvalue weighted by Gasteiger charge is -2.36. The molecule has 0 saturated carbocycles. The summed E-state index contributed by atoms with van der Waals surface area (Å²) in [5.74, 6) is -1.19. The van der Waals surface area contributed by atoms with Gasteiger partial charge in [0.1, 0.15) is 12.1 Å². The van der Waals surface area contributed by atoms with Gasteiger partial charge in [-0.2, -0.15) is 0 Å². The smallest absolute Gasteiger partial charge is 0.325 e. The van der Waals surface area contributed by atoms with Crippen molar-refractivity contribution < 1.29 is 33.5 Å². The van der Waals surface area contributed by atoms with Crippen LogP contribution in [0.25, 0.3) is 0 Å². The van der Waals surface area contributed by atoms with E-state index in [9.17, 15) is 28.8 Å². The highest BCUT2D eigenvalue weighted by Gasteiger charge is 2.39. The van der Waals surface area contributed by atoms with Gasteiger partial charge in [-0.1, -0.05) is 49.5 Å². The zero-order chi connectivity index (χ0) is 29.6. The Balaban J connectivity index is 1.76. The number of benzene rings is 1. The molecule has 2 aliphatic heterocycles. The van der Waals surface area contributed by atoms with E-state index in [1.807, 2.05) is 6.07 Å². The van der Waals surface area contributed by atoms with Crippen LogP contribution in [-0.4, -0.2) is 81.0 Å². The number of methoxy groups -OCH3 is 1. The number of nitrogens with one attached hydrogen (secondary N) is 1. The van der Waals surface area contributed by atoms with Crippen LogP contribution in [0.1, 0.15) is 62.0 Å². The molecule has 2 amide bonds. The molecule has 2 unspecified atom stereocenters. The zero-order valence-electron chi connectivity index (χ0n) is 23.6. The summed E-state index contributed by atoms with van der Waals surface area (Å²) < 4.78 is 5.01. The van der Waals surface area contributed by atoms with Gasteiger partial charge in [-0.05, 0) is 30.0 Å². The number of fused-ring (bicyclic) bond motifs is 1. The second kappa shape index (κ2) is 14.3. The van der Waals surface area contributed by atoms with Gasteiger partial charge < -0.3 is 9.64 Å². The van der Waals surface area contributed by atoms with Gasteiger partial charge >= 0.3 is 5.97 Å². The molecule has 2 heterocycles. The van der Waals surface area contributed by atoms with Crippen LogP contribution in [0, 0.1) is 11.8 Å². The van der Waals surface area contributed by atoms with Crippen molar-refractivity contribution in [1.82, 2.24) is 15.3 Å². The SMILES string of the molecule is COC(=O)C1Cc2ccc(C(=O)C(C)CSC(C)=O)cc2CN1NC(=O)[C@@H]1CCCN1C(=O)[C@H](C)CSC(C)=O. The molecule has 3 rings (SSSR count). The highest BCUT2D eigenvalue weighted by molar-refractivity contribution is 8.13. The Morgan fingerprint density at radius 2 is 1.62 bits per heavy atom. The van der Waals surface area contributed by atoms with Crippen molar-refractivity contribution in [3.63, 3.8) is 0 Å². The minimum Gasteiger partial charge on any atom is -0.468 e. The van der Waals surface area contributed by atoms with Gasteiger partial charge in [-0.15, -0.1) is 0 Å². The number of ether oxygens (including phenoxy) is 1. The lowest BCUT2D eigenvalue weighted by atomic mass is 9.91. The molecule has 0 spiro atoms. The maximum absolute atomic E-state index is 13.4. The number of amides is 2. The third-order valence-corrected chi connectivity index (χ3v) is 9.28. The predicted molar refractivity (Wildman–Crippen MR) is 153 cm³/mol. The number of hydrazine groups is 1. The highest BCUT2D eigenvalue weighted by Crippen LogP contribution is 2.27. The average Bonchev–Trinajstić information content (AvgIpc) is 3.42. The summed E-state index contributed by atoms with van der Waals surface area (Å²) in [6.45, 7) is 7.07. The second-order valence-corrected chi connectivity index (χ2v) is 12.7. The Bertz CT molecular complexity index is 1170. The maximum atomic E-state index is 13.4. The molecule has 0 aliphatic carbocycles. The summed E-state index contributed by atoms with van der Waals surface area (Å²) in [6.07, 6.45) is 1.44. The van der Waals surface area contributed by atoms with E-state index in [-0.39, 0.29) is 40.8 Å². The highest BCUT2D eigenvalue weighted by atomic mass is 32.2. The van der Waals surface area contributed by atoms with E-state index in [0.717, 1.165) is 34.7 Å². The quantitative estimate of drug-likeness (QED) is 0.320. The minimum atomic E-state index is -0.773. The van der Waals surface area contributed by atoms with Crippen molar-refractivity contribution in [1.29, 1.82) is 0 Å². The third-order valence-electron chi connectivity index (χ3n) is 7.13. The number of nitrogens with zero attached hydrogens (tertiary/aromatic N) is 2. The molecule has 2 aliphatic rings. The third kappa shape index (κ3) is 7.94. The van der Waals surface area contributed by atoms with Crippen LogP contribution in [-0.2, 0) is 41.7 Å². The van der Waals surface area contributed by atoms with Gasteiger partial charge in [-0.25, -0.2) is 5.01 Å². The van der Waals surface area contributed by atoms with Crippen molar-refractivity contribution in [2.45, 2.75) is 65.6 Å². The summed E-state index contributed by atoms with van der Waals surface area (Å²) in [4.78, 5) is 76.4. The van der Waals surface area contributed by atoms with Gasteiger partial charge in [0.05, 0.1) is 7.11 Å². The number of rotatable bonds is 10. The topological polar surface area (TPSA) is 130 Å². The van der Waals surface area contributed by atoms with Crippen molar-refractivity contribution in [3.05, 3.63) is 34.9 Å². The first kappa shape index (κ1) is 31.8. The number of esters is 1. The standard InChI is InChI=1S/C28H37N3O7S2/c1-16(14-39-18(3)32)25(34)21-9-8-20-12-24(28(37)38-5)31(13-22(20)11-21)29-26(35)23-7-6-10-30(23)27(36)17(2)15-40-19(4)33/h8-9,11,16-17,23-24H,6-7,10,12-15H2,1-5H3,(H,29,35)/t16?,17-,23+,24?/m1/s1. The molecule has 4 atom stereocenters. The molecule has 12 heteroatoms. The largest absolute Gasteiger partial charge is 0.468 e. The Kier molecular flexibility index (Phi) is 11.4. The normalized spacial score (nSPS) is 20.3. The van der Waals surface area contributed by atoms with Crippen molar-refractivity contribution in [2.75, 3.05) is 25.2 Å². The van der Waals surface area contributed by atoms with Gasteiger partial charge in [0, 0.05) is 62.3 Å². The molecule has 40 heavy (non-hydrogen) atoms. The first-order valence-corrected chi connectivity index (χ1v) is 15.3. The van der Waals surface area contributed by atoms with Crippen molar-refractivity contribution in [2.24, 2.45) is 11.8 Å². The van der Waals surface area contributed by atoms with Crippen LogP contribution in [0.3, 0.4) is 0 Å². The van der Waals surface area contributed by atoms with Gasteiger partial charge in [-0.3, -0.25) is 34.2 Å². The second-order valence-electron chi connectivity index (χ2n) is 10.3. The lowest BCUT2D eigenvalue weighted by Crippen LogP contribution is -2.58. The van der Waals surface area contributed by atoms with Crippen LogP contribution in [0.5, 0.6) is 0 Å². The maximum Gasteiger partial charge on any atom is 0.325 e. The summed E-state index contributed by atoms with van der Waals surface area (Å²) in [6, 6.07) is 3.86. The molecule has 0 aromatic heterocycles. The van der Waals surface area contributed by atoms with E-state index < -0.39 is 29.9 Å². The molecule has 10 nitrogen and oxygen atoms in total. The Hall–Kier alpha value is -2.70. The fourth-order valence-electron chi connectivity index (χ4n) is 4.92. The monoisotopic (exact) mass is 591 g/mol.